The number of aryl methyl sites for hydroxylation is 1. The second-order valence-corrected chi connectivity index (χ2v) is 5.54. The first kappa shape index (κ1) is 14.4. The third kappa shape index (κ3) is 3.69. The minimum atomic E-state index is -0.529. The molecule has 0 atom stereocenters. The van der Waals surface area contributed by atoms with Crippen LogP contribution in [0.5, 0.6) is 0 Å². The summed E-state index contributed by atoms with van der Waals surface area (Å²) in [6, 6.07) is 0. The number of hydrogen-bond donors (Lipinski definition) is 2. The Morgan fingerprint density at radius 1 is 1.44 bits per heavy atom. The van der Waals surface area contributed by atoms with E-state index in [0.29, 0.717) is 22.2 Å². The van der Waals surface area contributed by atoms with E-state index in [9.17, 15) is 9.59 Å². The van der Waals surface area contributed by atoms with Crippen LogP contribution in [-0.2, 0) is 4.79 Å². The number of hydrogen-bond acceptors (Lipinski definition) is 5. The summed E-state index contributed by atoms with van der Waals surface area (Å²) in [4.78, 5) is 29.2. The van der Waals surface area contributed by atoms with E-state index in [0.717, 1.165) is 11.3 Å². The first-order valence-corrected chi connectivity index (χ1v) is 6.43. The van der Waals surface area contributed by atoms with Gasteiger partial charge in [-0.15, -0.1) is 0 Å². The average molecular weight is 270 g/mol. The van der Waals surface area contributed by atoms with Gasteiger partial charge in [0.2, 0.25) is 5.91 Å². The van der Waals surface area contributed by atoms with E-state index in [4.69, 9.17) is 11.5 Å². The third-order valence-electron chi connectivity index (χ3n) is 2.23. The fourth-order valence-corrected chi connectivity index (χ4v) is 2.41. The van der Waals surface area contributed by atoms with Crippen molar-refractivity contribution in [2.45, 2.75) is 20.8 Å². The van der Waals surface area contributed by atoms with Crippen LogP contribution in [-0.4, -0.2) is 34.8 Å². The molecule has 0 aromatic carbocycles. The predicted molar refractivity (Wildman–Crippen MR) is 71.2 cm³/mol. The van der Waals surface area contributed by atoms with E-state index in [-0.39, 0.29) is 18.4 Å². The van der Waals surface area contributed by atoms with E-state index in [1.54, 1.807) is 6.92 Å². The molecule has 7 heteroatoms. The van der Waals surface area contributed by atoms with Gasteiger partial charge >= 0.3 is 0 Å². The molecule has 1 heterocycles. The van der Waals surface area contributed by atoms with E-state index in [1.165, 1.54) is 4.90 Å². The van der Waals surface area contributed by atoms with Gasteiger partial charge in [0, 0.05) is 6.54 Å². The minimum Gasteiger partial charge on any atom is -0.375 e. The molecule has 1 rings (SSSR count). The van der Waals surface area contributed by atoms with E-state index >= 15 is 0 Å². The lowest BCUT2D eigenvalue weighted by molar-refractivity contribution is -0.118. The van der Waals surface area contributed by atoms with Crippen LogP contribution < -0.4 is 11.5 Å². The van der Waals surface area contributed by atoms with Gasteiger partial charge < -0.3 is 16.4 Å². The van der Waals surface area contributed by atoms with Gasteiger partial charge in [-0.2, -0.15) is 0 Å². The number of nitrogen functional groups attached to an aromatic ring is 1. The van der Waals surface area contributed by atoms with Gasteiger partial charge in [-0.25, -0.2) is 4.98 Å². The van der Waals surface area contributed by atoms with Crippen LogP contribution in [0.3, 0.4) is 0 Å². The van der Waals surface area contributed by atoms with Gasteiger partial charge in [0.15, 0.2) is 5.13 Å². The molecule has 6 nitrogen and oxygen atoms in total. The van der Waals surface area contributed by atoms with Gasteiger partial charge in [0.1, 0.15) is 4.88 Å². The molecule has 0 aliphatic carbocycles. The maximum atomic E-state index is 12.3. The number of aromatic nitrogens is 1. The van der Waals surface area contributed by atoms with Gasteiger partial charge in [-0.1, -0.05) is 25.2 Å². The van der Waals surface area contributed by atoms with Crippen molar-refractivity contribution in [1.29, 1.82) is 0 Å². The molecule has 0 aliphatic rings. The molecular formula is C11H18N4O2S. The summed E-state index contributed by atoms with van der Waals surface area (Å²) >= 11 is 1.13. The Hall–Kier alpha value is -1.63. The molecule has 0 bridgehead atoms. The number of nitrogens with two attached hydrogens (primary N) is 2. The minimum absolute atomic E-state index is 0.0890. The summed E-state index contributed by atoms with van der Waals surface area (Å²) in [6.45, 7) is 6.04. The Balaban J connectivity index is 2.94. The second-order valence-electron chi connectivity index (χ2n) is 4.51. The molecule has 0 unspecified atom stereocenters. The summed E-state index contributed by atoms with van der Waals surface area (Å²) in [5, 5.41) is 0.347. The summed E-state index contributed by atoms with van der Waals surface area (Å²) < 4.78 is 0. The number of anilines is 1. The molecule has 0 aliphatic heterocycles. The molecular weight excluding hydrogens is 252 g/mol. The lowest BCUT2D eigenvalue weighted by atomic mass is 10.2. The van der Waals surface area contributed by atoms with Crippen molar-refractivity contribution in [1.82, 2.24) is 9.88 Å². The standard InChI is InChI=1S/C11H18N4O2S/c1-6(2)4-15(5-8(12)16)10(17)9-7(3)14-11(13)18-9/h6H,4-5H2,1-3H3,(H2,12,16)(H2,13,14). The molecule has 0 saturated heterocycles. The van der Waals surface area contributed by atoms with Crippen LogP contribution in [0.4, 0.5) is 5.13 Å². The summed E-state index contributed by atoms with van der Waals surface area (Å²) in [5.74, 6) is -0.521. The van der Waals surface area contributed by atoms with Crippen molar-refractivity contribution in [2.75, 3.05) is 18.8 Å². The molecule has 100 valence electrons. The number of rotatable bonds is 5. The topological polar surface area (TPSA) is 102 Å². The summed E-state index contributed by atoms with van der Waals surface area (Å²) in [7, 11) is 0. The molecule has 4 N–H and O–H groups in total. The molecule has 2 amide bonds. The van der Waals surface area contributed by atoms with Crippen molar-refractivity contribution < 1.29 is 9.59 Å². The lowest BCUT2D eigenvalue weighted by Gasteiger charge is -2.22. The first-order chi connectivity index (χ1) is 8.31. The summed E-state index contributed by atoms with van der Waals surface area (Å²) in [6.07, 6.45) is 0. The second kappa shape index (κ2) is 5.81. The van der Waals surface area contributed by atoms with Gasteiger partial charge in [-0.3, -0.25) is 9.59 Å². The Morgan fingerprint density at radius 2 is 2.06 bits per heavy atom. The Morgan fingerprint density at radius 3 is 2.44 bits per heavy atom. The van der Waals surface area contributed by atoms with Crippen molar-refractivity contribution >= 4 is 28.3 Å². The fourth-order valence-electron chi connectivity index (χ4n) is 1.61. The highest BCUT2D eigenvalue weighted by atomic mass is 32.1. The quantitative estimate of drug-likeness (QED) is 0.818. The molecule has 0 radical (unpaired) electrons. The summed E-state index contributed by atoms with van der Waals surface area (Å²) in [5.41, 5.74) is 11.3. The zero-order valence-electron chi connectivity index (χ0n) is 10.8. The normalized spacial score (nSPS) is 10.7. The molecule has 18 heavy (non-hydrogen) atoms. The highest BCUT2D eigenvalue weighted by Gasteiger charge is 2.22. The zero-order valence-corrected chi connectivity index (χ0v) is 11.6. The number of primary amides is 1. The van der Waals surface area contributed by atoms with Crippen LogP contribution in [0.1, 0.15) is 29.2 Å². The van der Waals surface area contributed by atoms with Crippen LogP contribution in [0.2, 0.25) is 0 Å². The molecule has 0 saturated carbocycles. The molecule has 1 aromatic rings. The highest BCUT2D eigenvalue weighted by molar-refractivity contribution is 7.17. The molecule has 1 aromatic heterocycles. The lowest BCUT2D eigenvalue weighted by Crippen LogP contribution is -2.40. The third-order valence-corrected chi connectivity index (χ3v) is 3.20. The number of carbonyl (C=O) groups excluding carboxylic acids is 2. The fraction of sp³-hybridized carbons (Fsp3) is 0.545. The molecule has 0 spiro atoms. The average Bonchev–Trinajstić information content (AvgIpc) is 2.54. The van der Waals surface area contributed by atoms with Crippen molar-refractivity contribution in [3.63, 3.8) is 0 Å². The smallest absolute Gasteiger partial charge is 0.266 e. The van der Waals surface area contributed by atoms with Crippen molar-refractivity contribution in [2.24, 2.45) is 11.7 Å². The van der Waals surface area contributed by atoms with E-state index in [2.05, 4.69) is 4.98 Å². The van der Waals surface area contributed by atoms with Crippen molar-refractivity contribution in [3.8, 4) is 0 Å². The Bertz CT molecular complexity index is 456. The van der Waals surface area contributed by atoms with Gasteiger partial charge in [0.05, 0.1) is 12.2 Å². The van der Waals surface area contributed by atoms with Crippen LogP contribution in [0.25, 0.3) is 0 Å². The number of amides is 2. The van der Waals surface area contributed by atoms with Gasteiger partial charge in [-0.05, 0) is 12.8 Å². The number of carbonyl (C=O) groups is 2. The largest absolute Gasteiger partial charge is 0.375 e. The maximum absolute atomic E-state index is 12.3. The van der Waals surface area contributed by atoms with Gasteiger partial charge in [0.25, 0.3) is 5.91 Å². The van der Waals surface area contributed by atoms with Crippen LogP contribution in [0.15, 0.2) is 0 Å². The van der Waals surface area contributed by atoms with Crippen LogP contribution >= 0.6 is 11.3 Å². The van der Waals surface area contributed by atoms with Crippen LogP contribution in [0, 0.1) is 12.8 Å². The monoisotopic (exact) mass is 270 g/mol. The first-order valence-electron chi connectivity index (χ1n) is 5.61. The van der Waals surface area contributed by atoms with Crippen molar-refractivity contribution in [3.05, 3.63) is 10.6 Å². The SMILES string of the molecule is Cc1nc(N)sc1C(=O)N(CC(N)=O)CC(C)C. The van der Waals surface area contributed by atoms with E-state index < -0.39 is 5.91 Å². The highest BCUT2D eigenvalue weighted by Crippen LogP contribution is 2.21. The maximum Gasteiger partial charge on any atom is 0.266 e. The van der Waals surface area contributed by atoms with E-state index in [1.807, 2.05) is 13.8 Å². The Kier molecular flexibility index (Phi) is 4.66. The predicted octanol–water partition coefficient (Wildman–Crippen LogP) is 0.617. The number of nitrogens with zero attached hydrogens (tertiary/aromatic N) is 2. The zero-order chi connectivity index (χ0) is 13.9. The Labute approximate surface area is 110 Å². The molecule has 0 fully saturated rings. The number of thiazole rings is 1.